The van der Waals surface area contributed by atoms with Crippen LogP contribution in [0.1, 0.15) is 39.5 Å². The molecule has 0 radical (unpaired) electrons. The van der Waals surface area contributed by atoms with Gasteiger partial charge in [-0.05, 0) is 63.1 Å². The molecule has 0 bridgehead atoms. The van der Waals surface area contributed by atoms with Crippen LogP contribution in [0.5, 0.6) is 0 Å². The highest BCUT2D eigenvalue weighted by Gasteiger charge is 2.32. The molecule has 94 valence electrons. The molecule has 1 atom stereocenters. The van der Waals surface area contributed by atoms with E-state index in [1.807, 2.05) is 0 Å². The smallest absolute Gasteiger partial charge is 0.00329 e. The molecule has 2 fully saturated rings. The first-order chi connectivity index (χ1) is 7.58. The summed E-state index contributed by atoms with van der Waals surface area (Å²) in [6, 6.07) is 0. The quantitative estimate of drug-likeness (QED) is 0.771. The molecular weight excluding hydrogens is 196 g/mol. The van der Waals surface area contributed by atoms with Gasteiger partial charge in [0.1, 0.15) is 0 Å². The lowest BCUT2D eigenvalue weighted by Crippen LogP contribution is -2.44. The fourth-order valence-corrected chi connectivity index (χ4v) is 3.15. The Bertz CT molecular complexity index is 215. The zero-order chi connectivity index (χ0) is 11.6. The van der Waals surface area contributed by atoms with Crippen molar-refractivity contribution in [2.75, 3.05) is 33.2 Å². The van der Waals surface area contributed by atoms with Gasteiger partial charge in [0.2, 0.25) is 0 Å². The van der Waals surface area contributed by atoms with Crippen molar-refractivity contribution in [3.05, 3.63) is 0 Å². The number of nitrogens with one attached hydrogen (secondary N) is 1. The van der Waals surface area contributed by atoms with E-state index in [0.29, 0.717) is 5.41 Å². The summed E-state index contributed by atoms with van der Waals surface area (Å²) in [7, 11) is 2.30. The van der Waals surface area contributed by atoms with Gasteiger partial charge < -0.3 is 10.2 Å². The molecule has 2 heteroatoms. The predicted molar refractivity (Wildman–Crippen MR) is 69.6 cm³/mol. The molecule has 1 unspecified atom stereocenters. The molecule has 1 aliphatic carbocycles. The predicted octanol–water partition coefficient (Wildman–Crippen LogP) is 2.35. The lowest BCUT2D eigenvalue weighted by Gasteiger charge is -2.40. The van der Waals surface area contributed by atoms with Crippen molar-refractivity contribution in [2.24, 2.45) is 17.3 Å². The average molecular weight is 224 g/mol. The standard InChI is InChI=1S/C14H28N2/c1-14(2,13-5-4-8-15-9-13)11-16(3)10-12-6-7-12/h12-13,15H,4-11H2,1-3H3. The van der Waals surface area contributed by atoms with Gasteiger partial charge in [-0.1, -0.05) is 13.8 Å². The van der Waals surface area contributed by atoms with Crippen LogP contribution in [0, 0.1) is 17.3 Å². The van der Waals surface area contributed by atoms with Gasteiger partial charge in [0.05, 0.1) is 0 Å². The molecule has 2 nitrogen and oxygen atoms in total. The van der Waals surface area contributed by atoms with Gasteiger partial charge in [-0.25, -0.2) is 0 Å². The average Bonchev–Trinajstić information content (AvgIpc) is 3.02. The van der Waals surface area contributed by atoms with Gasteiger partial charge in [0.15, 0.2) is 0 Å². The molecule has 2 aliphatic rings. The van der Waals surface area contributed by atoms with Crippen LogP contribution in [0.2, 0.25) is 0 Å². The van der Waals surface area contributed by atoms with Crippen LogP contribution < -0.4 is 5.32 Å². The topological polar surface area (TPSA) is 15.3 Å². The Morgan fingerprint density at radius 2 is 2.00 bits per heavy atom. The zero-order valence-corrected chi connectivity index (χ0v) is 11.3. The van der Waals surface area contributed by atoms with E-state index in [-0.39, 0.29) is 0 Å². The number of nitrogens with zero attached hydrogens (tertiary/aromatic N) is 1. The normalized spacial score (nSPS) is 27.4. The molecule has 0 spiro atoms. The highest BCUT2D eigenvalue weighted by atomic mass is 15.1. The van der Waals surface area contributed by atoms with E-state index in [1.165, 1.54) is 51.9 Å². The first kappa shape index (κ1) is 12.4. The summed E-state index contributed by atoms with van der Waals surface area (Å²) in [4.78, 5) is 2.56. The summed E-state index contributed by atoms with van der Waals surface area (Å²) in [6.45, 7) is 9.94. The summed E-state index contributed by atoms with van der Waals surface area (Å²) in [6.07, 6.45) is 5.71. The van der Waals surface area contributed by atoms with Gasteiger partial charge in [-0.3, -0.25) is 0 Å². The van der Waals surface area contributed by atoms with E-state index in [9.17, 15) is 0 Å². The van der Waals surface area contributed by atoms with Crippen molar-refractivity contribution in [3.8, 4) is 0 Å². The van der Waals surface area contributed by atoms with Crippen molar-refractivity contribution < 1.29 is 0 Å². The minimum absolute atomic E-state index is 0.469. The fourth-order valence-electron chi connectivity index (χ4n) is 3.15. The van der Waals surface area contributed by atoms with Gasteiger partial charge in [0.25, 0.3) is 0 Å². The lowest BCUT2D eigenvalue weighted by atomic mass is 9.74. The molecule has 1 saturated carbocycles. The monoisotopic (exact) mass is 224 g/mol. The molecule has 0 aromatic carbocycles. The van der Waals surface area contributed by atoms with E-state index in [4.69, 9.17) is 0 Å². The second kappa shape index (κ2) is 5.05. The van der Waals surface area contributed by atoms with Gasteiger partial charge in [0, 0.05) is 13.1 Å². The molecule has 1 aliphatic heterocycles. The minimum atomic E-state index is 0.469. The number of hydrogen-bond acceptors (Lipinski definition) is 2. The van der Waals surface area contributed by atoms with Crippen molar-refractivity contribution in [3.63, 3.8) is 0 Å². The zero-order valence-electron chi connectivity index (χ0n) is 11.3. The van der Waals surface area contributed by atoms with Crippen LogP contribution in [0.4, 0.5) is 0 Å². The Kier molecular flexibility index (Phi) is 3.91. The Labute approximate surface area is 101 Å². The maximum absolute atomic E-state index is 3.55. The maximum Gasteiger partial charge on any atom is 0.00329 e. The minimum Gasteiger partial charge on any atom is -0.316 e. The van der Waals surface area contributed by atoms with Crippen molar-refractivity contribution in [2.45, 2.75) is 39.5 Å². The molecule has 1 N–H and O–H groups in total. The molecule has 0 aromatic rings. The second-order valence-corrected chi connectivity index (χ2v) is 6.67. The molecule has 1 saturated heterocycles. The summed E-state index contributed by atoms with van der Waals surface area (Å²) in [5.74, 6) is 1.88. The molecule has 0 amide bonds. The van der Waals surface area contributed by atoms with Crippen LogP contribution in [0.25, 0.3) is 0 Å². The van der Waals surface area contributed by atoms with Gasteiger partial charge in [-0.2, -0.15) is 0 Å². The summed E-state index contributed by atoms with van der Waals surface area (Å²) >= 11 is 0. The number of rotatable bonds is 5. The van der Waals surface area contributed by atoms with E-state index in [1.54, 1.807) is 0 Å². The molecule has 1 heterocycles. The van der Waals surface area contributed by atoms with Crippen molar-refractivity contribution in [1.82, 2.24) is 10.2 Å². The Hall–Kier alpha value is -0.0800. The van der Waals surface area contributed by atoms with Crippen LogP contribution in [-0.4, -0.2) is 38.1 Å². The van der Waals surface area contributed by atoms with Crippen LogP contribution in [0.3, 0.4) is 0 Å². The first-order valence-corrected chi connectivity index (χ1v) is 6.97. The van der Waals surface area contributed by atoms with Crippen LogP contribution >= 0.6 is 0 Å². The highest BCUT2D eigenvalue weighted by molar-refractivity contribution is 4.86. The number of piperidine rings is 1. The largest absolute Gasteiger partial charge is 0.316 e. The third-order valence-electron chi connectivity index (χ3n) is 4.35. The lowest BCUT2D eigenvalue weighted by molar-refractivity contribution is 0.112. The third kappa shape index (κ3) is 3.46. The molecule has 0 aromatic heterocycles. The van der Waals surface area contributed by atoms with Gasteiger partial charge >= 0.3 is 0 Å². The summed E-state index contributed by atoms with van der Waals surface area (Å²) in [5, 5.41) is 3.55. The fraction of sp³-hybridized carbons (Fsp3) is 1.00. The Morgan fingerprint density at radius 3 is 2.56 bits per heavy atom. The van der Waals surface area contributed by atoms with Crippen molar-refractivity contribution >= 4 is 0 Å². The van der Waals surface area contributed by atoms with Crippen molar-refractivity contribution in [1.29, 1.82) is 0 Å². The summed E-state index contributed by atoms with van der Waals surface area (Å²) in [5.41, 5.74) is 0.469. The second-order valence-electron chi connectivity index (χ2n) is 6.67. The van der Waals surface area contributed by atoms with E-state index in [2.05, 4.69) is 31.1 Å². The Balaban J connectivity index is 1.79. The highest BCUT2D eigenvalue weighted by Crippen LogP contribution is 2.34. The summed E-state index contributed by atoms with van der Waals surface area (Å²) < 4.78 is 0. The SMILES string of the molecule is CN(CC1CC1)CC(C)(C)C1CCCNC1. The van der Waals surface area contributed by atoms with Crippen LogP contribution in [-0.2, 0) is 0 Å². The van der Waals surface area contributed by atoms with Crippen LogP contribution in [0.15, 0.2) is 0 Å². The first-order valence-electron chi connectivity index (χ1n) is 6.97. The molecule has 2 rings (SSSR count). The molecule has 16 heavy (non-hydrogen) atoms. The number of hydrogen-bond donors (Lipinski definition) is 1. The third-order valence-corrected chi connectivity index (χ3v) is 4.35. The van der Waals surface area contributed by atoms with E-state index < -0.39 is 0 Å². The Morgan fingerprint density at radius 1 is 1.25 bits per heavy atom. The van der Waals surface area contributed by atoms with E-state index >= 15 is 0 Å². The van der Waals surface area contributed by atoms with E-state index in [0.717, 1.165) is 11.8 Å². The molecular formula is C14H28N2. The van der Waals surface area contributed by atoms with Gasteiger partial charge in [-0.15, -0.1) is 0 Å². The maximum atomic E-state index is 3.55.